The second-order valence-corrected chi connectivity index (χ2v) is 6.55. The molecule has 2 rings (SSSR count). The van der Waals surface area contributed by atoms with Crippen molar-refractivity contribution in [3.63, 3.8) is 0 Å². The molecule has 0 saturated heterocycles. The van der Waals surface area contributed by atoms with Crippen LogP contribution < -0.4 is 10.1 Å². The Hall–Kier alpha value is -2.33. The quantitative estimate of drug-likeness (QED) is 0.774. The second kappa shape index (κ2) is 9.23. The Bertz CT molecular complexity index is 683. The van der Waals surface area contributed by atoms with Crippen LogP contribution in [0.25, 0.3) is 0 Å². The van der Waals surface area contributed by atoms with E-state index in [4.69, 9.17) is 4.74 Å². The monoisotopic (exact) mass is 341 g/mol. The van der Waals surface area contributed by atoms with Gasteiger partial charge in [0.25, 0.3) is 5.91 Å². The van der Waals surface area contributed by atoms with Crippen LogP contribution in [0.5, 0.6) is 5.75 Å². The Morgan fingerprint density at radius 3 is 2.56 bits per heavy atom. The molecule has 1 amide bonds. The van der Waals surface area contributed by atoms with E-state index in [0.717, 1.165) is 22.4 Å². The van der Waals surface area contributed by atoms with E-state index >= 15 is 0 Å². The molecule has 0 aliphatic carbocycles. The van der Waals surface area contributed by atoms with Crippen LogP contribution in [0.1, 0.15) is 36.0 Å². The normalized spacial score (nSPS) is 13.1. The van der Waals surface area contributed by atoms with Gasteiger partial charge in [-0.2, -0.15) is 0 Å². The van der Waals surface area contributed by atoms with E-state index in [-0.39, 0.29) is 18.4 Å². The van der Waals surface area contributed by atoms with Gasteiger partial charge in [0.2, 0.25) is 0 Å². The minimum Gasteiger partial charge on any atom is -0.483 e. The smallest absolute Gasteiger partial charge is 0.257 e. The Labute approximate surface area is 149 Å². The Morgan fingerprint density at radius 2 is 1.88 bits per heavy atom. The first-order valence-electron chi connectivity index (χ1n) is 8.65. The van der Waals surface area contributed by atoms with Crippen LogP contribution in [-0.2, 0) is 4.79 Å². The summed E-state index contributed by atoms with van der Waals surface area (Å²) >= 11 is 0. The van der Waals surface area contributed by atoms with E-state index in [0.29, 0.717) is 13.0 Å². The molecule has 0 bridgehead atoms. The highest BCUT2D eigenvalue weighted by Gasteiger charge is 2.15. The van der Waals surface area contributed by atoms with Crippen molar-refractivity contribution in [3.05, 3.63) is 65.2 Å². The summed E-state index contributed by atoms with van der Waals surface area (Å²) in [7, 11) is 0. The average Bonchev–Trinajstić information content (AvgIpc) is 2.59. The molecule has 2 unspecified atom stereocenters. The van der Waals surface area contributed by atoms with Crippen molar-refractivity contribution in [3.8, 4) is 5.75 Å². The first-order chi connectivity index (χ1) is 12.0. The largest absolute Gasteiger partial charge is 0.483 e. The molecule has 25 heavy (non-hydrogen) atoms. The molecule has 4 heteroatoms. The zero-order valence-corrected chi connectivity index (χ0v) is 15.2. The molecular formula is C21H27NO3. The van der Waals surface area contributed by atoms with Crippen LogP contribution >= 0.6 is 0 Å². The summed E-state index contributed by atoms with van der Waals surface area (Å²) in [5.74, 6) is 0.650. The third kappa shape index (κ3) is 6.24. The van der Waals surface area contributed by atoms with Gasteiger partial charge in [0.15, 0.2) is 6.61 Å². The predicted molar refractivity (Wildman–Crippen MR) is 99.9 cm³/mol. The van der Waals surface area contributed by atoms with E-state index in [1.165, 1.54) is 0 Å². The van der Waals surface area contributed by atoms with Gasteiger partial charge < -0.3 is 15.2 Å². The molecule has 2 N–H and O–H groups in total. The molecule has 0 saturated carbocycles. The molecule has 2 atom stereocenters. The van der Waals surface area contributed by atoms with Gasteiger partial charge in [-0.05, 0) is 49.9 Å². The summed E-state index contributed by atoms with van der Waals surface area (Å²) in [5.41, 5.74) is 3.22. The first kappa shape index (κ1) is 19.0. The van der Waals surface area contributed by atoms with Gasteiger partial charge in [-0.15, -0.1) is 0 Å². The number of hydrogen-bond acceptors (Lipinski definition) is 3. The number of benzene rings is 2. The van der Waals surface area contributed by atoms with Crippen molar-refractivity contribution in [1.29, 1.82) is 0 Å². The van der Waals surface area contributed by atoms with Gasteiger partial charge in [0.05, 0.1) is 6.10 Å². The standard InChI is InChI=1S/C21H27NO3/c1-15-9-10-16(2)20(11-15)25-14-21(24)22-13-19(12-17(3)23)18-7-5-4-6-8-18/h4-11,17,19,23H,12-14H2,1-3H3,(H,22,24). The molecule has 0 aromatic heterocycles. The lowest BCUT2D eigenvalue weighted by molar-refractivity contribution is -0.123. The summed E-state index contributed by atoms with van der Waals surface area (Å²) < 4.78 is 5.64. The molecule has 2 aromatic carbocycles. The Kier molecular flexibility index (Phi) is 7.02. The molecule has 0 spiro atoms. The van der Waals surface area contributed by atoms with E-state index in [1.54, 1.807) is 6.92 Å². The minimum atomic E-state index is -0.423. The van der Waals surface area contributed by atoms with Crippen molar-refractivity contribution >= 4 is 5.91 Å². The number of nitrogens with one attached hydrogen (secondary N) is 1. The number of hydrogen-bond donors (Lipinski definition) is 2. The highest BCUT2D eigenvalue weighted by atomic mass is 16.5. The number of carbonyl (C=O) groups is 1. The van der Waals surface area contributed by atoms with Gasteiger partial charge in [-0.3, -0.25) is 4.79 Å². The molecular weight excluding hydrogens is 314 g/mol. The van der Waals surface area contributed by atoms with Crippen LogP contribution in [-0.4, -0.2) is 30.3 Å². The van der Waals surface area contributed by atoms with Crippen molar-refractivity contribution in [1.82, 2.24) is 5.32 Å². The fourth-order valence-corrected chi connectivity index (χ4v) is 2.77. The number of ether oxygens (including phenoxy) is 1. The zero-order chi connectivity index (χ0) is 18.2. The van der Waals surface area contributed by atoms with Gasteiger partial charge in [-0.1, -0.05) is 42.5 Å². The minimum absolute atomic E-state index is 0.0134. The molecule has 4 nitrogen and oxygen atoms in total. The van der Waals surface area contributed by atoms with Crippen LogP contribution in [0.3, 0.4) is 0 Å². The molecule has 0 aliphatic heterocycles. The summed E-state index contributed by atoms with van der Waals surface area (Å²) in [6.45, 7) is 6.18. The Balaban J connectivity index is 1.89. The van der Waals surface area contributed by atoms with Crippen LogP contribution in [0, 0.1) is 13.8 Å². The lowest BCUT2D eigenvalue weighted by Crippen LogP contribution is -2.33. The van der Waals surface area contributed by atoms with Gasteiger partial charge >= 0.3 is 0 Å². The molecule has 2 aromatic rings. The molecule has 0 aliphatic rings. The third-order valence-corrected chi connectivity index (χ3v) is 4.14. The maximum atomic E-state index is 12.1. The van der Waals surface area contributed by atoms with Gasteiger partial charge in [-0.25, -0.2) is 0 Å². The third-order valence-electron chi connectivity index (χ3n) is 4.14. The lowest BCUT2D eigenvalue weighted by atomic mass is 9.93. The average molecular weight is 341 g/mol. The van der Waals surface area contributed by atoms with Gasteiger partial charge in [0.1, 0.15) is 5.75 Å². The summed E-state index contributed by atoms with van der Waals surface area (Å²) in [6.07, 6.45) is 0.176. The number of carbonyl (C=O) groups excluding carboxylic acids is 1. The van der Waals surface area contributed by atoms with Crippen LogP contribution in [0.15, 0.2) is 48.5 Å². The van der Waals surface area contributed by atoms with E-state index in [1.807, 2.05) is 62.4 Å². The second-order valence-electron chi connectivity index (χ2n) is 6.55. The SMILES string of the molecule is Cc1ccc(C)c(OCC(=O)NCC(CC(C)O)c2ccccc2)c1. The summed E-state index contributed by atoms with van der Waals surface area (Å²) in [5, 5.41) is 12.6. The number of amides is 1. The van der Waals surface area contributed by atoms with Crippen LogP contribution in [0.2, 0.25) is 0 Å². The molecule has 134 valence electrons. The van der Waals surface area contributed by atoms with Crippen LogP contribution in [0.4, 0.5) is 0 Å². The number of aryl methyl sites for hydroxylation is 2. The number of aliphatic hydroxyl groups is 1. The van der Waals surface area contributed by atoms with Crippen molar-refractivity contribution in [2.45, 2.75) is 39.2 Å². The molecule has 0 radical (unpaired) electrons. The fraction of sp³-hybridized carbons (Fsp3) is 0.381. The highest BCUT2D eigenvalue weighted by Crippen LogP contribution is 2.21. The van der Waals surface area contributed by atoms with E-state index in [2.05, 4.69) is 5.32 Å². The first-order valence-corrected chi connectivity index (χ1v) is 8.65. The maximum Gasteiger partial charge on any atom is 0.257 e. The van der Waals surface area contributed by atoms with Crippen molar-refractivity contribution in [2.75, 3.05) is 13.2 Å². The van der Waals surface area contributed by atoms with Gasteiger partial charge in [0, 0.05) is 12.5 Å². The Morgan fingerprint density at radius 1 is 1.16 bits per heavy atom. The number of aliphatic hydroxyl groups excluding tert-OH is 1. The predicted octanol–water partition coefficient (Wildman–Crippen LogP) is 3.35. The molecule has 0 heterocycles. The van der Waals surface area contributed by atoms with E-state index < -0.39 is 6.10 Å². The zero-order valence-electron chi connectivity index (χ0n) is 15.2. The van der Waals surface area contributed by atoms with Crippen molar-refractivity contribution in [2.24, 2.45) is 0 Å². The summed E-state index contributed by atoms with van der Waals surface area (Å²) in [4.78, 5) is 12.1. The molecule has 0 fully saturated rings. The maximum absolute atomic E-state index is 12.1. The fourth-order valence-electron chi connectivity index (χ4n) is 2.77. The van der Waals surface area contributed by atoms with E-state index in [9.17, 15) is 9.90 Å². The summed E-state index contributed by atoms with van der Waals surface area (Å²) in [6, 6.07) is 15.9. The topological polar surface area (TPSA) is 58.6 Å². The number of rotatable bonds is 8. The highest BCUT2D eigenvalue weighted by molar-refractivity contribution is 5.77. The van der Waals surface area contributed by atoms with Crippen molar-refractivity contribution < 1.29 is 14.6 Å². The lowest BCUT2D eigenvalue weighted by Gasteiger charge is -2.20.